The largest absolute Gasteiger partial charge is 0.382 e. The van der Waals surface area contributed by atoms with Crippen molar-refractivity contribution in [2.75, 3.05) is 25.4 Å². The van der Waals surface area contributed by atoms with Crippen LogP contribution in [0.1, 0.15) is 24.6 Å². The van der Waals surface area contributed by atoms with Gasteiger partial charge in [-0.25, -0.2) is 0 Å². The van der Waals surface area contributed by atoms with Gasteiger partial charge in [-0.3, -0.25) is 4.40 Å². The van der Waals surface area contributed by atoms with Crippen LogP contribution in [0.25, 0.3) is 5.65 Å². The second-order valence-corrected chi connectivity index (χ2v) is 8.45. The zero-order valence-electron chi connectivity index (χ0n) is 14.9. The highest BCUT2D eigenvalue weighted by Gasteiger charge is 2.25. The summed E-state index contributed by atoms with van der Waals surface area (Å²) in [6.07, 6.45) is 3.87. The zero-order chi connectivity index (χ0) is 18.7. The Bertz CT molecular complexity index is 996. The third-order valence-corrected chi connectivity index (χ3v) is 6.05. The maximum atomic E-state index is 12.2. The molecular weight excluding hydrogens is 364 g/mol. The molecule has 0 atom stereocenters. The van der Waals surface area contributed by atoms with Crippen LogP contribution >= 0.6 is 0 Å². The Balaban J connectivity index is 1.31. The second kappa shape index (κ2) is 7.66. The summed E-state index contributed by atoms with van der Waals surface area (Å²) >= 11 is 0. The Kier molecular flexibility index (Phi) is 5.09. The van der Waals surface area contributed by atoms with Crippen LogP contribution in [0.4, 0.5) is 0 Å². The lowest BCUT2D eigenvalue weighted by atomic mass is 9.96. The normalized spacial score (nSPS) is 16.6. The number of benzene rings is 1. The van der Waals surface area contributed by atoms with E-state index in [1.54, 1.807) is 24.3 Å². The third-order valence-electron chi connectivity index (χ3n) is 4.92. The van der Waals surface area contributed by atoms with E-state index in [4.69, 9.17) is 4.18 Å². The molecule has 3 heterocycles. The van der Waals surface area contributed by atoms with Gasteiger partial charge in [0.25, 0.3) is 0 Å². The van der Waals surface area contributed by atoms with Crippen LogP contribution in [0.5, 0.6) is 5.75 Å². The Labute approximate surface area is 158 Å². The summed E-state index contributed by atoms with van der Waals surface area (Å²) in [6, 6.07) is 14.5. The van der Waals surface area contributed by atoms with E-state index in [9.17, 15) is 8.42 Å². The van der Waals surface area contributed by atoms with Gasteiger partial charge in [0.15, 0.2) is 5.65 Å². The molecule has 27 heavy (non-hydrogen) atoms. The van der Waals surface area contributed by atoms with Crippen LogP contribution in [0.3, 0.4) is 0 Å². The van der Waals surface area contributed by atoms with Crippen LogP contribution in [-0.4, -0.2) is 53.3 Å². The molecule has 1 aliphatic heterocycles. The van der Waals surface area contributed by atoms with Gasteiger partial charge >= 0.3 is 10.1 Å². The first-order chi connectivity index (χ1) is 13.1. The fourth-order valence-corrected chi connectivity index (χ4v) is 4.43. The van der Waals surface area contributed by atoms with Crippen molar-refractivity contribution in [3.8, 4) is 5.75 Å². The molecule has 142 valence electrons. The minimum Gasteiger partial charge on any atom is -0.382 e. The molecule has 8 heteroatoms. The molecule has 7 nitrogen and oxygen atoms in total. The molecule has 0 N–H and O–H groups in total. The van der Waals surface area contributed by atoms with Crippen molar-refractivity contribution < 1.29 is 12.6 Å². The summed E-state index contributed by atoms with van der Waals surface area (Å²) < 4.78 is 31.5. The highest BCUT2D eigenvalue weighted by molar-refractivity contribution is 7.87. The second-order valence-electron chi connectivity index (χ2n) is 6.76. The molecule has 1 fully saturated rings. The third kappa shape index (κ3) is 4.28. The van der Waals surface area contributed by atoms with E-state index in [1.165, 1.54) is 0 Å². The zero-order valence-corrected chi connectivity index (χ0v) is 15.8. The fraction of sp³-hybridized carbons (Fsp3) is 0.368. The van der Waals surface area contributed by atoms with Crippen molar-refractivity contribution in [2.45, 2.75) is 18.8 Å². The number of likely N-dealkylation sites (tertiary alicyclic amines) is 1. The highest BCUT2D eigenvalue weighted by Crippen LogP contribution is 2.27. The van der Waals surface area contributed by atoms with E-state index >= 15 is 0 Å². The van der Waals surface area contributed by atoms with E-state index in [0.29, 0.717) is 18.2 Å². The fourth-order valence-electron chi connectivity index (χ4n) is 3.46. The van der Waals surface area contributed by atoms with Gasteiger partial charge in [0.05, 0.1) is 5.75 Å². The van der Waals surface area contributed by atoms with Crippen molar-refractivity contribution in [3.05, 3.63) is 60.6 Å². The lowest BCUT2D eigenvalue weighted by Crippen LogP contribution is -2.37. The Morgan fingerprint density at radius 3 is 2.52 bits per heavy atom. The van der Waals surface area contributed by atoms with Crippen LogP contribution in [0, 0.1) is 0 Å². The molecule has 0 amide bonds. The van der Waals surface area contributed by atoms with Gasteiger partial charge in [-0.1, -0.05) is 24.3 Å². The van der Waals surface area contributed by atoms with Crippen LogP contribution in [0.15, 0.2) is 54.7 Å². The van der Waals surface area contributed by atoms with Crippen molar-refractivity contribution in [1.29, 1.82) is 0 Å². The van der Waals surface area contributed by atoms with Gasteiger partial charge in [-0.05, 0) is 50.2 Å². The Morgan fingerprint density at radius 1 is 1.00 bits per heavy atom. The van der Waals surface area contributed by atoms with Crippen molar-refractivity contribution >= 4 is 15.8 Å². The molecule has 4 rings (SSSR count). The van der Waals surface area contributed by atoms with Gasteiger partial charge in [-0.2, -0.15) is 8.42 Å². The number of hydrogen-bond acceptors (Lipinski definition) is 6. The summed E-state index contributed by atoms with van der Waals surface area (Å²) in [5.41, 5.74) is 0.860. The maximum Gasteiger partial charge on any atom is 0.310 e. The van der Waals surface area contributed by atoms with Crippen LogP contribution in [-0.2, 0) is 10.1 Å². The first-order valence-electron chi connectivity index (χ1n) is 9.10. The molecule has 1 saturated heterocycles. The topological polar surface area (TPSA) is 76.8 Å². The summed E-state index contributed by atoms with van der Waals surface area (Å²) in [5.74, 6) is 1.68. The number of pyridine rings is 1. The summed E-state index contributed by atoms with van der Waals surface area (Å²) in [6.45, 7) is 2.16. The first-order valence-corrected chi connectivity index (χ1v) is 10.7. The number of nitrogens with zero attached hydrogens (tertiary/aromatic N) is 4. The Hall–Kier alpha value is -2.45. The average molecular weight is 386 g/mol. The van der Waals surface area contributed by atoms with Crippen molar-refractivity contribution in [3.63, 3.8) is 0 Å². The molecule has 0 bridgehead atoms. The smallest absolute Gasteiger partial charge is 0.310 e. The number of rotatable bonds is 6. The number of fused-ring (bicyclic) bond motifs is 1. The minimum atomic E-state index is -3.59. The number of para-hydroxylation sites is 1. The van der Waals surface area contributed by atoms with Crippen LogP contribution in [0.2, 0.25) is 0 Å². The monoisotopic (exact) mass is 386 g/mol. The van der Waals surface area contributed by atoms with Crippen molar-refractivity contribution in [2.24, 2.45) is 0 Å². The number of aromatic nitrogens is 3. The van der Waals surface area contributed by atoms with Gasteiger partial charge in [0.1, 0.15) is 11.6 Å². The van der Waals surface area contributed by atoms with E-state index in [-0.39, 0.29) is 5.75 Å². The molecular formula is C19H22N4O3S. The first kappa shape index (κ1) is 17.9. The molecule has 0 saturated carbocycles. The Morgan fingerprint density at radius 2 is 1.74 bits per heavy atom. The molecule has 2 aromatic heterocycles. The van der Waals surface area contributed by atoms with E-state index in [1.807, 2.05) is 34.9 Å². The lowest BCUT2D eigenvalue weighted by Gasteiger charge is -2.30. The maximum absolute atomic E-state index is 12.2. The highest BCUT2D eigenvalue weighted by atomic mass is 32.2. The number of piperidine rings is 1. The van der Waals surface area contributed by atoms with Crippen molar-refractivity contribution in [1.82, 2.24) is 19.5 Å². The minimum absolute atomic E-state index is 0.0135. The van der Waals surface area contributed by atoms with E-state index in [2.05, 4.69) is 15.1 Å². The molecule has 1 aromatic carbocycles. The lowest BCUT2D eigenvalue weighted by molar-refractivity contribution is 0.218. The van der Waals surface area contributed by atoms with E-state index < -0.39 is 10.1 Å². The molecule has 3 aromatic rings. The van der Waals surface area contributed by atoms with Gasteiger partial charge in [0, 0.05) is 18.7 Å². The molecule has 1 aliphatic rings. The molecule has 0 aliphatic carbocycles. The summed E-state index contributed by atoms with van der Waals surface area (Å²) in [4.78, 5) is 2.17. The molecule has 0 spiro atoms. The summed E-state index contributed by atoms with van der Waals surface area (Å²) in [5, 5.41) is 8.58. The van der Waals surface area contributed by atoms with Crippen LogP contribution < -0.4 is 4.18 Å². The van der Waals surface area contributed by atoms with Gasteiger partial charge in [-0.15, -0.1) is 10.2 Å². The predicted molar refractivity (Wildman–Crippen MR) is 102 cm³/mol. The van der Waals surface area contributed by atoms with Gasteiger partial charge in [0.2, 0.25) is 0 Å². The van der Waals surface area contributed by atoms with E-state index in [0.717, 1.165) is 37.4 Å². The number of hydrogen-bond donors (Lipinski definition) is 0. The molecule has 0 radical (unpaired) electrons. The molecule has 0 unspecified atom stereocenters. The quantitative estimate of drug-likeness (QED) is 0.605. The SMILES string of the molecule is O=S(=O)(CCN1CCC(c2nnc3ccccn23)CC1)Oc1ccccc1. The average Bonchev–Trinajstić information content (AvgIpc) is 3.11. The summed E-state index contributed by atoms with van der Waals surface area (Å²) in [7, 11) is -3.59. The predicted octanol–water partition coefficient (Wildman–Crippen LogP) is 2.32. The standard InChI is InChI=1S/C19H22N4O3S/c24-27(25,26-17-6-2-1-3-7-17)15-14-22-12-9-16(10-13-22)19-21-20-18-8-4-5-11-23(18)19/h1-8,11,16H,9-10,12-15H2. The van der Waals surface area contributed by atoms with Gasteiger partial charge < -0.3 is 9.08 Å².